The standard InChI is InChI=1S/C12H13N3O2/c1-7-3-4-10(9(13)5-7)14-12(16)11-6-8(2)17-15-11/h3-6H,13H2,1-2H3,(H,14,16). The lowest BCUT2D eigenvalue weighted by atomic mass is 10.2. The molecule has 2 aromatic rings. The van der Waals surface area contributed by atoms with Crippen LogP contribution >= 0.6 is 0 Å². The van der Waals surface area contributed by atoms with Crippen molar-refractivity contribution < 1.29 is 9.32 Å². The minimum Gasteiger partial charge on any atom is -0.397 e. The number of nitrogen functional groups attached to an aromatic ring is 1. The number of carbonyl (C=O) groups is 1. The zero-order valence-corrected chi connectivity index (χ0v) is 9.65. The molecule has 0 spiro atoms. The zero-order chi connectivity index (χ0) is 12.4. The summed E-state index contributed by atoms with van der Waals surface area (Å²) in [6, 6.07) is 7.00. The zero-order valence-electron chi connectivity index (χ0n) is 9.65. The van der Waals surface area contributed by atoms with Crippen molar-refractivity contribution >= 4 is 17.3 Å². The van der Waals surface area contributed by atoms with E-state index in [-0.39, 0.29) is 11.6 Å². The Morgan fingerprint density at radius 3 is 2.71 bits per heavy atom. The molecule has 1 aromatic carbocycles. The van der Waals surface area contributed by atoms with E-state index in [0.29, 0.717) is 17.1 Å². The predicted octanol–water partition coefficient (Wildman–Crippen LogP) is 2.13. The number of nitrogens with zero attached hydrogens (tertiary/aromatic N) is 1. The second kappa shape index (κ2) is 4.29. The van der Waals surface area contributed by atoms with E-state index in [1.807, 2.05) is 13.0 Å². The van der Waals surface area contributed by atoms with E-state index in [0.717, 1.165) is 5.56 Å². The van der Waals surface area contributed by atoms with Crippen LogP contribution in [0, 0.1) is 13.8 Å². The first-order chi connectivity index (χ1) is 8.06. The van der Waals surface area contributed by atoms with Gasteiger partial charge < -0.3 is 15.6 Å². The maximum Gasteiger partial charge on any atom is 0.277 e. The lowest BCUT2D eigenvalue weighted by molar-refractivity contribution is 0.101. The fourth-order valence-electron chi connectivity index (χ4n) is 1.46. The molecular formula is C12H13N3O2. The van der Waals surface area contributed by atoms with Crippen molar-refractivity contribution in [3.8, 4) is 0 Å². The van der Waals surface area contributed by atoms with Crippen LogP contribution in [0.15, 0.2) is 28.8 Å². The molecule has 0 aliphatic rings. The molecule has 88 valence electrons. The van der Waals surface area contributed by atoms with Gasteiger partial charge >= 0.3 is 0 Å². The van der Waals surface area contributed by atoms with Gasteiger partial charge in [0, 0.05) is 6.07 Å². The quantitative estimate of drug-likeness (QED) is 0.776. The summed E-state index contributed by atoms with van der Waals surface area (Å²) in [6.07, 6.45) is 0. The van der Waals surface area contributed by atoms with Gasteiger partial charge in [0.25, 0.3) is 5.91 Å². The summed E-state index contributed by atoms with van der Waals surface area (Å²) in [5, 5.41) is 6.31. The van der Waals surface area contributed by atoms with Crippen LogP contribution in [-0.4, -0.2) is 11.1 Å². The number of nitrogens with two attached hydrogens (primary N) is 1. The molecule has 0 unspecified atom stereocenters. The van der Waals surface area contributed by atoms with E-state index >= 15 is 0 Å². The van der Waals surface area contributed by atoms with Crippen molar-refractivity contribution in [2.45, 2.75) is 13.8 Å². The smallest absolute Gasteiger partial charge is 0.277 e. The molecule has 0 saturated heterocycles. The van der Waals surface area contributed by atoms with Gasteiger partial charge in [0.2, 0.25) is 0 Å². The number of benzene rings is 1. The summed E-state index contributed by atoms with van der Waals surface area (Å²) in [7, 11) is 0. The minimum atomic E-state index is -0.336. The van der Waals surface area contributed by atoms with Crippen LogP contribution in [0.25, 0.3) is 0 Å². The fourth-order valence-corrected chi connectivity index (χ4v) is 1.46. The molecule has 0 fully saturated rings. The highest BCUT2D eigenvalue weighted by atomic mass is 16.5. The Kier molecular flexibility index (Phi) is 2.82. The van der Waals surface area contributed by atoms with E-state index in [1.54, 1.807) is 25.1 Å². The third-order valence-corrected chi connectivity index (χ3v) is 2.32. The average molecular weight is 231 g/mol. The number of anilines is 2. The predicted molar refractivity (Wildman–Crippen MR) is 64.8 cm³/mol. The van der Waals surface area contributed by atoms with Gasteiger partial charge in [-0.05, 0) is 31.5 Å². The summed E-state index contributed by atoms with van der Waals surface area (Å²) >= 11 is 0. The number of aromatic nitrogens is 1. The third kappa shape index (κ3) is 2.44. The molecule has 0 radical (unpaired) electrons. The highest BCUT2D eigenvalue weighted by molar-refractivity contribution is 6.04. The number of aryl methyl sites for hydroxylation is 2. The van der Waals surface area contributed by atoms with Crippen molar-refractivity contribution in [1.29, 1.82) is 0 Å². The molecule has 0 aliphatic heterocycles. The number of nitrogens with one attached hydrogen (secondary N) is 1. The number of amides is 1. The van der Waals surface area contributed by atoms with Gasteiger partial charge in [-0.25, -0.2) is 0 Å². The van der Waals surface area contributed by atoms with E-state index in [4.69, 9.17) is 10.3 Å². The molecule has 1 aromatic heterocycles. The van der Waals surface area contributed by atoms with Crippen molar-refractivity contribution in [2.75, 3.05) is 11.1 Å². The molecule has 5 heteroatoms. The third-order valence-electron chi connectivity index (χ3n) is 2.32. The van der Waals surface area contributed by atoms with Crippen molar-refractivity contribution in [2.24, 2.45) is 0 Å². The molecule has 17 heavy (non-hydrogen) atoms. The van der Waals surface area contributed by atoms with Gasteiger partial charge in [-0.3, -0.25) is 4.79 Å². The van der Waals surface area contributed by atoms with Gasteiger partial charge in [0.05, 0.1) is 11.4 Å². The number of hydrogen-bond donors (Lipinski definition) is 2. The number of rotatable bonds is 2. The first kappa shape index (κ1) is 11.2. The lowest BCUT2D eigenvalue weighted by Gasteiger charge is -2.06. The fraction of sp³-hybridized carbons (Fsp3) is 0.167. The molecule has 5 nitrogen and oxygen atoms in total. The summed E-state index contributed by atoms with van der Waals surface area (Å²) in [5.41, 5.74) is 8.17. The molecule has 3 N–H and O–H groups in total. The van der Waals surface area contributed by atoms with Gasteiger partial charge in [-0.2, -0.15) is 0 Å². The van der Waals surface area contributed by atoms with Crippen molar-refractivity contribution in [3.05, 3.63) is 41.3 Å². The Morgan fingerprint density at radius 1 is 1.35 bits per heavy atom. The highest BCUT2D eigenvalue weighted by Gasteiger charge is 2.12. The maximum absolute atomic E-state index is 11.8. The van der Waals surface area contributed by atoms with Crippen LogP contribution in [0.4, 0.5) is 11.4 Å². The molecule has 2 rings (SSSR count). The largest absolute Gasteiger partial charge is 0.397 e. The van der Waals surface area contributed by atoms with Gasteiger partial charge in [0.1, 0.15) is 5.76 Å². The minimum absolute atomic E-state index is 0.238. The molecular weight excluding hydrogens is 218 g/mol. The normalized spacial score (nSPS) is 10.2. The molecule has 1 amide bonds. The second-order valence-corrected chi connectivity index (χ2v) is 3.87. The Labute approximate surface area is 98.6 Å². The molecule has 0 bridgehead atoms. The van der Waals surface area contributed by atoms with Gasteiger partial charge in [0.15, 0.2) is 5.69 Å². The van der Waals surface area contributed by atoms with Crippen LogP contribution in [-0.2, 0) is 0 Å². The van der Waals surface area contributed by atoms with Crippen LogP contribution in [0.2, 0.25) is 0 Å². The van der Waals surface area contributed by atoms with E-state index in [2.05, 4.69) is 10.5 Å². The topological polar surface area (TPSA) is 81.2 Å². The Morgan fingerprint density at radius 2 is 2.12 bits per heavy atom. The van der Waals surface area contributed by atoms with Gasteiger partial charge in [-0.15, -0.1) is 0 Å². The van der Waals surface area contributed by atoms with Crippen molar-refractivity contribution in [1.82, 2.24) is 5.16 Å². The molecule has 0 saturated carbocycles. The van der Waals surface area contributed by atoms with Crippen molar-refractivity contribution in [3.63, 3.8) is 0 Å². The average Bonchev–Trinajstić information content (AvgIpc) is 2.69. The first-order valence-corrected chi connectivity index (χ1v) is 5.17. The summed E-state index contributed by atoms with van der Waals surface area (Å²) in [5.74, 6) is 0.254. The summed E-state index contributed by atoms with van der Waals surface area (Å²) < 4.78 is 4.83. The van der Waals surface area contributed by atoms with Crippen LogP contribution in [0.5, 0.6) is 0 Å². The monoisotopic (exact) mass is 231 g/mol. The lowest BCUT2D eigenvalue weighted by Crippen LogP contribution is -2.13. The Bertz CT molecular complexity index is 561. The van der Waals surface area contributed by atoms with E-state index in [9.17, 15) is 4.79 Å². The SMILES string of the molecule is Cc1ccc(NC(=O)c2cc(C)on2)c(N)c1. The summed E-state index contributed by atoms with van der Waals surface area (Å²) in [6.45, 7) is 3.66. The first-order valence-electron chi connectivity index (χ1n) is 5.17. The molecule has 1 heterocycles. The van der Waals surface area contributed by atoms with Crippen LogP contribution in [0.1, 0.15) is 21.8 Å². The highest BCUT2D eigenvalue weighted by Crippen LogP contribution is 2.20. The Hall–Kier alpha value is -2.30. The maximum atomic E-state index is 11.8. The van der Waals surface area contributed by atoms with E-state index in [1.165, 1.54) is 0 Å². The summed E-state index contributed by atoms with van der Waals surface area (Å²) in [4.78, 5) is 11.8. The van der Waals surface area contributed by atoms with Crippen LogP contribution < -0.4 is 11.1 Å². The molecule has 0 atom stereocenters. The molecule has 0 aliphatic carbocycles. The Balaban J connectivity index is 2.18. The van der Waals surface area contributed by atoms with Crippen LogP contribution in [0.3, 0.4) is 0 Å². The van der Waals surface area contributed by atoms with Gasteiger partial charge in [-0.1, -0.05) is 11.2 Å². The van der Waals surface area contributed by atoms with E-state index < -0.39 is 0 Å². The number of carbonyl (C=O) groups excluding carboxylic acids is 1. The second-order valence-electron chi connectivity index (χ2n) is 3.87. The number of hydrogen-bond acceptors (Lipinski definition) is 4.